The molecule has 94 valence electrons. The summed E-state index contributed by atoms with van der Waals surface area (Å²) < 4.78 is 0.668. The van der Waals surface area contributed by atoms with E-state index in [1.54, 1.807) is 6.20 Å². The summed E-state index contributed by atoms with van der Waals surface area (Å²) in [4.78, 5) is 23.4. The Morgan fingerprint density at radius 1 is 1.39 bits per heavy atom. The first kappa shape index (κ1) is 13.2. The molecule has 0 bridgehead atoms. The Kier molecular flexibility index (Phi) is 4.11. The van der Waals surface area contributed by atoms with Gasteiger partial charge in [-0.1, -0.05) is 19.9 Å². The van der Waals surface area contributed by atoms with E-state index in [2.05, 4.69) is 28.8 Å². The molecule has 0 fully saturated rings. The van der Waals surface area contributed by atoms with Crippen molar-refractivity contribution in [3.63, 3.8) is 0 Å². The number of aromatic nitrogens is 3. The maximum absolute atomic E-state index is 11.9. The molecule has 2 rings (SSSR count). The molecule has 0 aliphatic rings. The standard InChI is InChI=1S/C13H14IN3O/c1-8(2)7-10-11(14)13(18)17-12(16-10)9-5-3-4-6-15-9/h3-6,8H,7H2,1-2H3,(H,16,17,18). The van der Waals surface area contributed by atoms with Crippen LogP contribution in [0, 0.1) is 9.49 Å². The Hall–Kier alpha value is -1.24. The molecule has 0 unspecified atom stereocenters. The molecule has 1 N–H and O–H groups in total. The normalized spacial score (nSPS) is 10.9. The van der Waals surface area contributed by atoms with Crippen LogP contribution in [0.5, 0.6) is 0 Å². The maximum atomic E-state index is 11.9. The van der Waals surface area contributed by atoms with Gasteiger partial charge in [0.05, 0.1) is 9.26 Å². The van der Waals surface area contributed by atoms with Gasteiger partial charge in [-0.3, -0.25) is 9.78 Å². The van der Waals surface area contributed by atoms with Crippen LogP contribution in [0.2, 0.25) is 0 Å². The number of nitrogens with zero attached hydrogens (tertiary/aromatic N) is 2. The molecule has 0 aliphatic heterocycles. The van der Waals surface area contributed by atoms with Crippen LogP contribution in [0.1, 0.15) is 19.5 Å². The first-order valence-electron chi connectivity index (χ1n) is 5.78. The zero-order chi connectivity index (χ0) is 13.1. The van der Waals surface area contributed by atoms with Crippen molar-refractivity contribution in [3.05, 3.63) is 44.0 Å². The number of H-pyrrole nitrogens is 1. The molecule has 0 atom stereocenters. The number of hydrogen-bond acceptors (Lipinski definition) is 3. The van der Waals surface area contributed by atoms with Gasteiger partial charge in [-0.15, -0.1) is 0 Å². The molecule has 0 aliphatic carbocycles. The lowest BCUT2D eigenvalue weighted by Gasteiger charge is -2.08. The molecule has 2 aromatic heterocycles. The van der Waals surface area contributed by atoms with E-state index < -0.39 is 0 Å². The van der Waals surface area contributed by atoms with E-state index in [0.717, 1.165) is 12.1 Å². The highest BCUT2D eigenvalue weighted by Crippen LogP contribution is 2.15. The monoisotopic (exact) mass is 355 g/mol. The van der Waals surface area contributed by atoms with Gasteiger partial charge in [0.15, 0.2) is 5.82 Å². The lowest BCUT2D eigenvalue weighted by Crippen LogP contribution is -2.17. The molecule has 4 nitrogen and oxygen atoms in total. The van der Waals surface area contributed by atoms with Crippen molar-refractivity contribution in [3.8, 4) is 11.5 Å². The summed E-state index contributed by atoms with van der Waals surface area (Å²) in [5.41, 5.74) is 1.44. The average Bonchev–Trinajstić information content (AvgIpc) is 2.35. The summed E-state index contributed by atoms with van der Waals surface area (Å²) in [5.74, 6) is 1.00. The van der Waals surface area contributed by atoms with Crippen molar-refractivity contribution in [2.45, 2.75) is 20.3 Å². The van der Waals surface area contributed by atoms with Gasteiger partial charge in [0, 0.05) is 6.20 Å². The van der Waals surface area contributed by atoms with Gasteiger partial charge in [0.25, 0.3) is 5.56 Å². The average molecular weight is 355 g/mol. The Bertz CT molecular complexity index is 593. The van der Waals surface area contributed by atoms with E-state index in [1.807, 2.05) is 40.8 Å². The van der Waals surface area contributed by atoms with Crippen molar-refractivity contribution in [2.75, 3.05) is 0 Å². The zero-order valence-corrected chi connectivity index (χ0v) is 12.4. The molecule has 2 heterocycles. The Morgan fingerprint density at radius 3 is 2.78 bits per heavy atom. The van der Waals surface area contributed by atoms with E-state index >= 15 is 0 Å². The SMILES string of the molecule is CC(C)Cc1nc(-c2ccccn2)[nH]c(=O)c1I. The van der Waals surface area contributed by atoms with Gasteiger partial charge in [-0.25, -0.2) is 4.98 Å². The van der Waals surface area contributed by atoms with Crippen LogP contribution in [0.4, 0.5) is 0 Å². The van der Waals surface area contributed by atoms with Crippen LogP contribution in [-0.4, -0.2) is 15.0 Å². The molecular formula is C13H14IN3O. The summed E-state index contributed by atoms with van der Waals surface area (Å²) in [5, 5.41) is 0. The van der Waals surface area contributed by atoms with E-state index in [9.17, 15) is 4.79 Å². The fourth-order valence-electron chi connectivity index (χ4n) is 1.65. The number of pyridine rings is 1. The smallest absolute Gasteiger partial charge is 0.264 e. The first-order chi connectivity index (χ1) is 8.58. The molecule has 0 amide bonds. The number of halogens is 1. The summed E-state index contributed by atoms with van der Waals surface area (Å²) in [6, 6.07) is 5.55. The van der Waals surface area contributed by atoms with E-state index in [0.29, 0.717) is 21.0 Å². The molecule has 18 heavy (non-hydrogen) atoms. The van der Waals surface area contributed by atoms with Crippen molar-refractivity contribution >= 4 is 22.6 Å². The fraction of sp³-hybridized carbons (Fsp3) is 0.308. The molecule has 0 saturated heterocycles. The van der Waals surface area contributed by atoms with Gasteiger partial charge in [0.2, 0.25) is 0 Å². The maximum Gasteiger partial charge on any atom is 0.264 e. The minimum absolute atomic E-state index is 0.0955. The molecule has 2 aromatic rings. The van der Waals surface area contributed by atoms with Crippen LogP contribution < -0.4 is 5.56 Å². The zero-order valence-electron chi connectivity index (χ0n) is 10.3. The second kappa shape index (κ2) is 5.60. The quantitative estimate of drug-likeness (QED) is 0.862. The van der Waals surface area contributed by atoms with Crippen LogP contribution in [0.15, 0.2) is 29.2 Å². The largest absolute Gasteiger partial charge is 0.304 e. The number of rotatable bonds is 3. The summed E-state index contributed by atoms with van der Waals surface area (Å²) in [6.45, 7) is 4.22. The minimum atomic E-state index is -0.0955. The van der Waals surface area contributed by atoms with Gasteiger partial charge in [-0.2, -0.15) is 0 Å². The molecule has 0 radical (unpaired) electrons. The molecule has 0 spiro atoms. The Labute approximate surface area is 119 Å². The van der Waals surface area contributed by atoms with Gasteiger partial charge < -0.3 is 4.98 Å². The minimum Gasteiger partial charge on any atom is -0.304 e. The van der Waals surface area contributed by atoms with Gasteiger partial charge in [-0.05, 0) is 47.1 Å². The highest BCUT2D eigenvalue weighted by atomic mass is 127. The number of aromatic amines is 1. The van der Waals surface area contributed by atoms with Crippen LogP contribution in [-0.2, 0) is 6.42 Å². The van der Waals surface area contributed by atoms with Crippen molar-refractivity contribution < 1.29 is 0 Å². The third-order valence-corrected chi connectivity index (χ3v) is 3.55. The number of hydrogen-bond donors (Lipinski definition) is 1. The van der Waals surface area contributed by atoms with Crippen LogP contribution >= 0.6 is 22.6 Å². The van der Waals surface area contributed by atoms with Crippen molar-refractivity contribution in [2.24, 2.45) is 5.92 Å². The molecule has 0 saturated carbocycles. The topological polar surface area (TPSA) is 58.6 Å². The molecule has 0 aromatic carbocycles. The second-order valence-electron chi connectivity index (χ2n) is 4.49. The highest BCUT2D eigenvalue weighted by Gasteiger charge is 2.11. The summed E-state index contributed by atoms with van der Waals surface area (Å²) >= 11 is 2.05. The third-order valence-electron chi connectivity index (χ3n) is 2.44. The van der Waals surface area contributed by atoms with Crippen molar-refractivity contribution in [1.82, 2.24) is 15.0 Å². The Morgan fingerprint density at radius 2 is 2.17 bits per heavy atom. The molecule has 5 heteroatoms. The predicted octanol–water partition coefficient (Wildman–Crippen LogP) is 2.63. The third kappa shape index (κ3) is 2.95. The lowest BCUT2D eigenvalue weighted by molar-refractivity contribution is 0.631. The highest BCUT2D eigenvalue weighted by molar-refractivity contribution is 14.1. The van der Waals surface area contributed by atoms with E-state index in [4.69, 9.17) is 0 Å². The number of nitrogens with one attached hydrogen (secondary N) is 1. The van der Waals surface area contributed by atoms with Crippen LogP contribution in [0.25, 0.3) is 11.5 Å². The van der Waals surface area contributed by atoms with E-state index in [-0.39, 0.29) is 5.56 Å². The fourth-order valence-corrected chi connectivity index (χ4v) is 2.13. The van der Waals surface area contributed by atoms with E-state index in [1.165, 1.54) is 0 Å². The first-order valence-corrected chi connectivity index (χ1v) is 6.86. The predicted molar refractivity (Wildman–Crippen MR) is 79.3 cm³/mol. The summed E-state index contributed by atoms with van der Waals surface area (Å²) in [7, 11) is 0. The second-order valence-corrected chi connectivity index (χ2v) is 5.57. The van der Waals surface area contributed by atoms with Crippen molar-refractivity contribution in [1.29, 1.82) is 0 Å². The Balaban J connectivity index is 2.51. The van der Waals surface area contributed by atoms with Gasteiger partial charge >= 0.3 is 0 Å². The van der Waals surface area contributed by atoms with Crippen LogP contribution in [0.3, 0.4) is 0 Å². The summed E-state index contributed by atoms with van der Waals surface area (Å²) in [6.07, 6.45) is 2.48. The van der Waals surface area contributed by atoms with Gasteiger partial charge in [0.1, 0.15) is 5.69 Å². The molecular weight excluding hydrogens is 341 g/mol. The lowest BCUT2D eigenvalue weighted by atomic mass is 10.1.